The van der Waals surface area contributed by atoms with Crippen LogP contribution >= 0.6 is 15.9 Å². The molecule has 24 heavy (non-hydrogen) atoms. The van der Waals surface area contributed by atoms with Crippen LogP contribution in [0.25, 0.3) is 0 Å². The predicted octanol–water partition coefficient (Wildman–Crippen LogP) is 3.77. The van der Waals surface area contributed by atoms with Gasteiger partial charge in [0.1, 0.15) is 12.4 Å². The van der Waals surface area contributed by atoms with Gasteiger partial charge < -0.3 is 4.74 Å². The summed E-state index contributed by atoms with van der Waals surface area (Å²) in [6.45, 7) is 0.610. The quantitative estimate of drug-likeness (QED) is 0.667. The van der Waals surface area contributed by atoms with E-state index in [1.165, 1.54) is 22.9 Å². The Morgan fingerprint density at radius 2 is 1.75 bits per heavy atom. The van der Waals surface area contributed by atoms with Gasteiger partial charge >= 0.3 is 0 Å². The molecule has 0 radical (unpaired) electrons. The number of nitrogens with zero attached hydrogens (tertiary/aromatic N) is 2. The molecule has 4 nitrogen and oxygen atoms in total. The van der Waals surface area contributed by atoms with E-state index in [-0.39, 0.29) is 18.0 Å². The predicted molar refractivity (Wildman–Crippen MR) is 92.5 cm³/mol. The Hall–Kier alpha value is -2.47. The third kappa shape index (κ3) is 4.08. The van der Waals surface area contributed by atoms with Gasteiger partial charge in [-0.3, -0.25) is 4.79 Å². The molecule has 0 spiro atoms. The smallest absolute Gasteiger partial charge is 0.270 e. The Balaban J connectivity index is 1.74. The van der Waals surface area contributed by atoms with E-state index in [0.717, 1.165) is 11.1 Å². The molecule has 6 heteroatoms. The molecule has 122 valence electrons. The van der Waals surface area contributed by atoms with Crippen LogP contribution in [-0.2, 0) is 13.2 Å². The third-order valence-corrected chi connectivity index (χ3v) is 3.95. The molecule has 0 N–H and O–H groups in total. The second-order valence-electron chi connectivity index (χ2n) is 5.20. The lowest BCUT2D eigenvalue weighted by Crippen LogP contribution is -2.23. The minimum absolute atomic E-state index is 0.225. The largest absolute Gasteiger partial charge is 0.486 e. The van der Waals surface area contributed by atoms with Crippen molar-refractivity contribution in [2.24, 2.45) is 0 Å². The summed E-state index contributed by atoms with van der Waals surface area (Å²) in [7, 11) is 0. The van der Waals surface area contributed by atoms with Gasteiger partial charge in [-0.05, 0) is 39.2 Å². The van der Waals surface area contributed by atoms with Crippen LogP contribution in [0.5, 0.6) is 5.75 Å². The Bertz CT molecular complexity index is 880. The molecule has 1 heterocycles. The van der Waals surface area contributed by atoms with Crippen molar-refractivity contribution < 1.29 is 9.13 Å². The summed E-state index contributed by atoms with van der Waals surface area (Å²) in [4.78, 5) is 12.2. The van der Waals surface area contributed by atoms with Gasteiger partial charge in [0, 0.05) is 0 Å². The van der Waals surface area contributed by atoms with Crippen molar-refractivity contribution in [1.82, 2.24) is 9.78 Å². The number of hydrogen-bond acceptors (Lipinski definition) is 3. The van der Waals surface area contributed by atoms with E-state index >= 15 is 0 Å². The summed E-state index contributed by atoms with van der Waals surface area (Å²) >= 11 is 3.32. The van der Waals surface area contributed by atoms with Crippen LogP contribution in [0, 0.1) is 5.82 Å². The van der Waals surface area contributed by atoms with E-state index in [4.69, 9.17) is 4.74 Å². The highest BCUT2D eigenvalue weighted by atomic mass is 79.9. The van der Waals surface area contributed by atoms with Crippen molar-refractivity contribution in [3.63, 3.8) is 0 Å². The fourth-order valence-electron chi connectivity index (χ4n) is 2.16. The summed E-state index contributed by atoms with van der Waals surface area (Å²) in [5.41, 5.74) is 1.53. The maximum atomic E-state index is 12.9. The summed E-state index contributed by atoms with van der Waals surface area (Å²) < 4.78 is 20.3. The Labute approximate surface area is 146 Å². The van der Waals surface area contributed by atoms with Gasteiger partial charge in [0.2, 0.25) is 0 Å². The van der Waals surface area contributed by atoms with Gasteiger partial charge in [0.25, 0.3) is 5.56 Å². The van der Waals surface area contributed by atoms with Crippen molar-refractivity contribution in [3.8, 4) is 5.75 Å². The Kier molecular flexibility index (Phi) is 5.05. The number of hydrogen-bond donors (Lipinski definition) is 0. The minimum atomic E-state index is -0.301. The normalized spacial score (nSPS) is 10.6. The van der Waals surface area contributed by atoms with Gasteiger partial charge in [-0.25, -0.2) is 9.07 Å². The van der Waals surface area contributed by atoms with Crippen LogP contribution in [0.3, 0.4) is 0 Å². The lowest BCUT2D eigenvalue weighted by molar-refractivity contribution is 0.299. The Morgan fingerprint density at radius 1 is 1.04 bits per heavy atom. The molecule has 3 rings (SSSR count). The standard InChI is InChI=1S/C18H14BrFN2O2/c19-18-16(24-12-14-6-8-15(20)9-7-14)10-17(23)22(21-18)11-13-4-2-1-3-5-13/h1-10H,11-12H2. The highest BCUT2D eigenvalue weighted by molar-refractivity contribution is 9.10. The first-order chi connectivity index (χ1) is 11.6. The van der Waals surface area contributed by atoms with Gasteiger partial charge in [0.05, 0.1) is 12.6 Å². The fraction of sp³-hybridized carbons (Fsp3) is 0.111. The van der Waals surface area contributed by atoms with Crippen molar-refractivity contribution in [2.45, 2.75) is 13.2 Å². The summed E-state index contributed by atoms with van der Waals surface area (Å²) in [5.74, 6) is 0.0544. The summed E-state index contributed by atoms with van der Waals surface area (Å²) in [6, 6.07) is 17.0. The molecule has 0 saturated carbocycles. The highest BCUT2D eigenvalue weighted by Gasteiger charge is 2.09. The van der Waals surface area contributed by atoms with Crippen LogP contribution in [0.15, 0.2) is 70.1 Å². The lowest BCUT2D eigenvalue weighted by atomic mass is 10.2. The average molecular weight is 389 g/mol. The molecule has 0 saturated heterocycles. The van der Waals surface area contributed by atoms with Crippen molar-refractivity contribution in [1.29, 1.82) is 0 Å². The number of halogens is 2. The summed E-state index contributed by atoms with van der Waals surface area (Å²) in [6.07, 6.45) is 0. The first-order valence-electron chi connectivity index (χ1n) is 7.30. The van der Waals surface area contributed by atoms with Crippen LogP contribution in [0.2, 0.25) is 0 Å². The second-order valence-corrected chi connectivity index (χ2v) is 5.95. The maximum absolute atomic E-state index is 12.9. The van der Waals surface area contributed by atoms with E-state index in [2.05, 4.69) is 21.0 Å². The zero-order valence-corrected chi connectivity index (χ0v) is 14.2. The monoisotopic (exact) mass is 388 g/mol. The molecule has 0 bridgehead atoms. The molecule has 0 fully saturated rings. The molecule has 2 aromatic carbocycles. The van der Waals surface area contributed by atoms with Gasteiger partial charge in [-0.1, -0.05) is 42.5 Å². The average Bonchev–Trinajstić information content (AvgIpc) is 2.59. The van der Waals surface area contributed by atoms with Crippen molar-refractivity contribution in [3.05, 3.63) is 92.6 Å². The van der Waals surface area contributed by atoms with Gasteiger partial charge in [0.15, 0.2) is 10.4 Å². The van der Waals surface area contributed by atoms with Crippen LogP contribution in [-0.4, -0.2) is 9.78 Å². The van der Waals surface area contributed by atoms with E-state index in [0.29, 0.717) is 16.9 Å². The molecule has 3 aromatic rings. The lowest BCUT2D eigenvalue weighted by Gasteiger charge is -2.10. The molecule has 1 aromatic heterocycles. The van der Waals surface area contributed by atoms with E-state index < -0.39 is 0 Å². The third-order valence-electron chi connectivity index (χ3n) is 3.40. The van der Waals surface area contributed by atoms with Gasteiger partial charge in [-0.15, -0.1) is 0 Å². The molecule has 0 aliphatic carbocycles. The molecular formula is C18H14BrFN2O2. The zero-order valence-electron chi connectivity index (χ0n) is 12.7. The first-order valence-corrected chi connectivity index (χ1v) is 8.10. The summed E-state index contributed by atoms with van der Waals surface area (Å²) in [5, 5.41) is 4.23. The number of ether oxygens (including phenoxy) is 1. The second kappa shape index (κ2) is 7.40. The minimum Gasteiger partial charge on any atom is -0.486 e. The molecule has 0 aliphatic rings. The van der Waals surface area contributed by atoms with Crippen molar-refractivity contribution in [2.75, 3.05) is 0 Å². The maximum Gasteiger partial charge on any atom is 0.270 e. The van der Waals surface area contributed by atoms with E-state index in [9.17, 15) is 9.18 Å². The van der Waals surface area contributed by atoms with Crippen LogP contribution in [0.1, 0.15) is 11.1 Å². The highest BCUT2D eigenvalue weighted by Crippen LogP contribution is 2.21. The van der Waals surface area contributed by atoms with E-state index in [1.54, 1.807) is 12.1 Å². The number of benzene rings is 2. The first kappa shape index (κ1) is 16.4. The topological polar surface area (TPSA) is 44.1 Å². The molecule has 0 amide bonds. The fourth-order valence-corrected chi connectivity index (χ4v) is 2.58. The SMILES string of the molecule is O=c1cc(OCc2ccc(F)cc2)c(Br)nn1Cc1ccccc1. The molecule has 0 atom stereocenters. The Morgan fingerprint density at radius 3 is 2.46 bits per heavy atom. The van der Waals surface area contributed by atoms with Gasteiger partial charge in [-0.2, -0.15) is 5.10 Å². The van der Waals surface area contributed by atoms with Crippen LogP contribution in [0.4, 0.5) is 4.39 Å². The molecule has 0 unspecified atom stereocenters. The molecular weight excluding hydrogens is 375 g/mol. The van der Waals surface area contributed by atoms with Crippen molar-refractivity contribution >= 4 is 15.9 Å². The zero-order chi connectivity index (χ0) is 16.9. The number of aromatic nitrogens is 2. The van der Waals surface area contributed by atoms with Crippen LogP contribution < -0.4 is 10.3 Å². The van der Waals surface area contributed by atoms with E-state index in [1.807, 2.05) is 30.3 Å². The number of rotatable bonds is 5. The molecule has 0 aliphatic heterocycles.